The molecule has 0 aliphatic heterocycles. The molecule has 6 nitrogen and oxygen atoms in total. The zero-order valence-electron chi connectivity index (χ0n) is 15.3. The number of hydrogen-bond donors (Lipinski definition) is 1. The van der Waals surface area contributed by atoms with E-state index in [4.69, 9.17) is 14.2 Å². The molecule has 0 aromatic heterocycles. The third-order valence-corrected chi connectivity index (χ3v) is 3.46. The molecule has 2 aromatic carbocycles. The molecule has 26 heavy (non-hydrogen) atoms. The number of benzene rings is 2. The molecular formula is C20H24N2O4. The van der Waals surface area contributed by atoms with E-state index in [-0.39, 0.29) is 5.91 Å². The standard InChI is InChI=1S/C20H24N2O4/c1-4-12-26-17-9-6-15(7-10-17)14-21-22-20(23)16-8-11-18(25-5-2)19(13-16)24-3/h6-11,13-14H,4-5,12H2,1-3H3,(H,22,23)/b21-14+. The molecule has 0 atom stereocenters. The maximum Gasteiger partial charge on any atom is 0.271 e. The zero-order chi connectivity index (χ0) is 18.8. The van der Waals surface area contributed by atoms with Gasteiger partial charge in [0, 0.05) is 5.56 Å². The van der Waals surface area contributed by atoms with Crippen molar-refractivity contribution in [2.24, 2.45) is 5.10 Å². The summed E-state index contributed by atoms with van der Waals surface area (Å²) in [5.74, 6) is 1.59. The molecule has 0 aliphatic rings. The van der Waals surface area contributed by atoms with Crippen molar-refractivity contribution in [2.75, 3.05) is 20.3 Å². The summed E-state index contributed by atoms with van der Waals surface area (Å²) in [6, 6.07) is 12.5. The average molecular weight is 356 g/mol. The summed E-state index contributed by atoms with van der Waals surface area (Å²) in [6.07, 6.45) is 2.54. The number of hydrazone groups is 1. The minimum absolute atomic E-state index is 0.328. The first-order valence-electron chi connectivity index (χ1n) is 8.55. The summed E-state index contributed by atoms with van der Waals surface area (Å²) >= 11 is 0. The quantitative estimate of drug-likeness (QED) is 0.550. The molecule has 0 radical (unpaired) electrons. The van der Waals surface area contributed by atoms with Crippen LogP contribution >= 0.6 is 0 Å². The predicted octanol–water partition coefficient (Wildman–Crippen LogP) is 3.65. The Labute approximate surface area is 153 Å². The molecule has 1 amide bonds. The van der Waals surface area contributed by atoms with Crippen LogP contribution in [-0.2, 0) is 0 Å². The highest BCUT2D eigenvalue weighted by molar-refractivity contribution is 5.95. The Morgan fingerprint density at radius 2 is 1.85 bits per heavy atom. The molecule has 2 rings (SSSR count). The number of ether oxygens (including phenoxy) is 3. The third-order valence-electron chi connectivity index (χ3n) is 3.46. The first-order chi connectivity index (χ1) is 12.7. The van der Waals surface area contributed by atoms with E-state index in [2.05, 4.69) is 17.5 Å². The number of nitrogens with one attached hydrogen (secondary N) is 1. The maximum absolute atomic E-state index is 12.2. The van der Waals surface area contributed by atoms with Crippen LogP contribution in [0.5, 0.6) is 17.2 Å². The second-order valence-electron chi connectivity index (χ2n) is 5.42. The van der Waals surface area contributed by atoms with Gasteiger partial charge in [-0.3, -0.25) is 4.79 Å². The van der Waals surface area contributed by atoms with Crippen molar-refractivity contribution in [3.8, 4) is 17.2 Å². The van der Waals surface area contributed by atoms with E-state index in [0.29, 0.717) is 30.3 Å². The topological polar surface area (TPSA) is 69.2 Å². The Balaban J connectivity index is 1.96. The Morgan fingerprint density at radius 3 is 2.50 bits per heavy atom. The summed E-state index contributed by atoms with van der Waals surface area (Å²) in [5, 5.41) is 3.99. The van der Waals surface area contributed by atoms with Crippen LogP contribution in [0.25, 0.3) is 0 Å². The maximum atomic E-state index is 12.2. The summed E-state index contributed by atoms with van der Waals surface area (Å²) in [7, 11) is 1.53. The lowest BCUT2D eigenvalue weighted by atomic mass is 10.2. The molecule has 1 N–H and O–H groups in total. The van der Waals surface area contributed by atoms with E-state index in [9.17, 15) is 4.79 Å². The first-order valence-corrected chi connectivity index (χ1v) is 8.55. The molecular weight excluding hydrogens is 332 g/mol. The van der Waals surface area contributed by atoms with Gasteiger partial charge in [0.15, 0.2) is 11.5 Å². The van der Waals surface area contributed by atoms with Crippen molar-refractivity contribution < 1.29 is 19.0 Å². The van der Waals surface area contributed by atoms with Gasteiger partial charge in [-0.15, -0.1) is 0 Å². The van der Waals surface area contributed by atoms with E-state index in [1.54, 1.807) is 24.4 Å². The van der Waals surface area contributed by atoms with Crippen LogP contribution in [0.15, 0.2) is 47.6 Å². The number of rotatable bonds is 9. The number of carbonyl (C=O) groups excluding carboxylic acids is 1. The SMILES string of the molecule is CCCOc1ccc(/C=N/NC(=O)c2ccc(OCC)c(OC)c2)cc1. The smallest absolute Gasteiger partial charge is 0.271 e. The number of methoxy groups -OCH3 is 1. The van der Waals surface area contributed by atoms with Crippen LogP contribution in [0.4, 0.5) is 0 Å². The largest absolute Gasteiger partial charge is 0.494 e. The molecule has 0 saturated heterocycles. The van der Waals surface area contributed by atoms with Crippen LogP contribution in [-0.4, -0.2) is 32.4 Å². The van der Waals surface area contributed by atoms with Crippen LogP contribution < -0.4 is 19.6 Å². The van der Waals surface area contributed by atoms with Crippen molar-refractivity contribution in [1.29, 1.82) is 0 Å². The Bertz CT molecular complexity index is 742. The second kappa shape index (κ2) is 10.1. The van der Waals surface area contributed by atoms with Gasteiger partial charge in [0.2, 0.25) is 0 Å². The molecule has 0 bridgehead atoms. The molecule has 6 heteroatoms. The van der Waals surface area contributed by atoms with E-state index in [1.165, 1.54) is 7.11 Å². The number of nitrogens with zero attached hydrogens (tertiary/aromatic N) is 1. The highest BCUT2D eigenvalue weighted by Gasteiger charge is 2.10. The van der Waals surface area contributed by atoms with Gasteiger partial charge in [0.25, 0.3) is 5.91 Å². The number of amides is 1. The summed E-state index contributed by atoms with van der Waals surface area (Å²) < 4.78 is 16.2. The minimum Gasteiger partial charge on any atom is -0.494 e. The van der Waals surface area contributed by atoms with E-state index >= 15 is 0 Å². The number of carbonyl (C=O) groups is 1. The summed E-state index contributed by atoms with van der Waals surface area (Å²) in [5.41, 5.74) is 3.80. The van der Waals surface area contributed by atoms with Crippen LogP contribution in [0.1, 0.15) is 36.2 Å². The van der Waals surface area contributed by atoms with Crippen molar-refractivity contribution in [3.05, 3.63) is 53.6 Å². The highest BCUT2D eigenvalue weighted by atomic mass is 16.5. The molecule has 0 fully saturated rings. The van der Waals surface area contributed by atoms with Gasteiger partial charge in [-0.1, -0.05) is 6.92 Å². The van der Waals surface area contributed by atoms with Crippen molar-refractivity contribution in [3.63, 3.8) is 0 Å². The van der Waals surface area contributed by atoms with Crippen molar-refractivity contribution in [2.45, 2.75) is 20.3 Å². The molecule has 0 spiro atoms. The fraction of sp³-hybridized carbons (Fsp3) is 0.300. The first kappa shape index (κ1) is 19.3. The van der Waals surface area contributed by atoms with E-state index < -0.39 is 0 Å². The van der Waals surface area contributed by atoms with Crippen molar-refractivity contribution >= 4 is 12.1 Å². The zero-order valence-corrected chi connectivity index (χ0v) is 15.3. The molecule has 0 unspecified atom stereocenters. The minimum atomic E-state index is -0.328. The Hall–Kier alpha value is -3.02. The van der Waals surface area contributed by atoms with Crippen LogP contribution in [0, 0.1) is 0 Å². The average Bonchev–Trinajstić information content (AvgIpc) is 2.67. The fourth-order valence-corrected chi connectivity index (χ4v) is 2.18. The highest BCUT2D eigenvalue weighted by Crippen LogP contribution is 2.27. The summed E-state index contributed by atoms with van der Waals surface area (Å²) in [6.45, 7) is 5.16. The lowest BCUT2D eigenvalue weighted by Gasteiger charge is -2.10. The third kappa shape index (κ3) is 5.51. The van der Waals surface area contributed by atoms with Gasteiger partial charge in [-0.25, -0.2) is 5.43 Å². The second-order valence-corrected chi connectivity index (χ2v) is 5.42. The lowest BCUT2D eigenvalue weighted by molar-refractivity contribution is 0.0954. The number of hydrogen-bond acceptors (Lipinski definition) is 5. The van der Waals surface area contributed by atoms with E-state index in [0.717, 1.165) is 17.7 Å². The Morgan fingerprint density at radius 1 is 1.08 bits per heavy atom. The van der Waals surface area contributed by atoms with Crippen LogP contribution in [0.2, 0.25) is 0 Å². The van der Waals surface area contributed by atoms with Crippen molar-refractivity contribution in [1.82, 2.24) is 5.43 Å². The molecule has 0 aliphatic carbocycles. The van der Waals surface area contributed by atoms with Gasteiger partial charge in [0.1, 0.15) is 5.75 Å². The lowest BCUT2D eigenvalue weighted by Crippen LogP contribution is -2.17. The van der Waals surface area contributed by atoms with Gasteiger partial charge < -0.3 is 14.2 Å². The van der Waals surface area contributed by atoms with Gasteiger partial charge >= 0.3 is 0 Å². The van der Waals surface area contributed by atoms with E-state index in [1.807, 2.05) is 31.2 Å². The normalized spacial score (nSPS) is 10.6. The summed E-state index contributed by atoms with van der Waals surface area (Å²) in [4.78, 5) is 12.2. The monoisotopic (exact) mass is 356 g/mol. The van der Waals surface area contributed by atoms with Crippen LogP contribution in [0.3, 0.4) is 0 Å². The molecule has 0 saturated carbocycles. The van der Waals surface area contributed by atoms with Gasteiger partial charge in [-0.2, -0.15) is 5.10 Å². The molecule has 138 valence electrons. The van der Waals surface area contributed by atoms with Gasteiger partial charge in [0.05, 0.1) is 26.5 Å². The fourth-order valence-electron chi connectivity index (χ4n) is 2.18. The predicted molar refractivity (Wildman–Crippen MR) is 101 cm³/mol. The Kier molecular flexibility index (Phi) is 7.49. The molecule has 0 heterocycles. The van der Waals surface area contributed by atoms with Gasteiger partial charge in [-0.05, 0) is 61.4 Å². The molecule has 2 aromatic rings.